The van der Waals surface area contributed by atoms with Crippen molar-refractivity contribution in [1.82, 2.24) is 4.90 Å². The Hall–Kier alpha value is 0.210. The molecule has 0 N–H and O–H groups in total. The third kappa shape index (κ3) is 3.02. The zero-order valence-electron chi connectivity index (χ0n) is 11.4. The van der Waals surface area contributed by atoms with Gasteiger partial charge in [-0.05, 0) is 38.5 Å². The van der Waals surface area contributed by atoms with E-state index in [1.165, 1.54) is 57.8 Å². The first-order valence-electron chi connectivity index (χ1n) is 7.79. The zero-order chi connectivity index (χ0) is 12.4. The smallest absolute Gasteiger partial charge is 0.0710 e. The molecule has 0 amide bonds. The van der Waals surface area contributed by atoms with E-state index < -0.39 is 0 Å². The van der Waals surface area contributed by atoms with Crippen LogP contribution >= 0.6 is 11.6 Å². The van der Waals surface area contributed by atoms with Gasteiger partial charge in [-0.1, -0.05) is 19.3 Å². The van der Waals surface area contributed by atoms with Crippen LogP contribution in [0.1, 0.15) is 57.8 Å². The lowest BCUT2D eigenvalue weighted by Crippen LogP contribution is -2.38. The predicted octanol–water partition coefficient (Wildman–Crippen LogP) is 3.57. The van der Waals surface area contributed by atoms with Gasteiger partial charge in [0.2, 0.25) is 0 Å². The summed E-state index contributed by atoms with van der Waals surface area (Å²) in [6, 6.07) is 0.815. The van der Waals surface area contributed by atoms with Gasteiger partial charge in [0.05, 0.1) is 11.7 Å². The number of alkyl halides is 1. The average Bonchev–Trinajstić information content (AvgIpc) is 3.16. The van der Waals surface area contributed by atoms with Crippen LogP contribution in [0.25, 0.3) is 0 Å². The number of halogens is 1. The molecule has 3 heteroatoms. The van der Waals surface area contributed by atoms with Gasteiger partial charge in [-0.2, -0.15) is 0 Å². The topological polar surface area (TPSA) is 12.5 Å². The van der Waals surface area contributed by atoms with E-state index >= 15 is 0 Å². The Balaban J connectivity index is 1.51. The minimum absolute atomic E-state index is 0.277. The number of hydrogen-bond acceptors (Lipinski definition) is 2. The van der Waals surface area contributed by atoms with Crippen LogP contribution in [0.15, 0.2) is 0 Å². The summed E-state index contributed by atoms with van der Waals surface area (Å²) in [5.74, 6) is 0.758. The molecule has 18 heavy (non-hydrogen) atoms. The van der Waals surface area contributed by atoms with Crippen molar-refractivity contribution in [2.24, 2.45) is 0 Å². The number of ether oxygens (including phenoxy) is 1. The van der Waals surface area contributed by atoms with Gasteiger partial charge >= 0.3 is 0 Å². The molecule has 1 saturated heterocycles. The highest BCUT2D eigenvalue weighted by Gasteiger charge is 2.42. The lowest BCUT2D eigenvalue weighted by atomic mass is 9.83. The van der Waals surface area contributed by atoms with Crippen molar-refractivity contribution >= 4 is 11.6 Å². The maximum atomic E-state index is 6.46. The Labute approximate surface area is 116 Å². The number of hydrogen-bond donors (Lipinski definition) is 0. The summed E-state index contributed by atoms with van der Waals surface area (Å²) in [4.78, 5) is 2.57. The Morgan fingerprint density at radius 1 is 1.06 bits per heavy atom. The molecule has 3 rings (SSSR count). The van der Waals surface area contributed by atoms with E-state index in [4.69, 9.17) is 16.3 Å². The first-order valence-corrected chi connectivity index (χ1v) is 8.33. The van der Waals surface area contributed by atoms with Gasteiger partial charge < -0.3 is 4.74 Å². The molecule has 0 bridgehead atoms. The molecule has 1 aliphatic heterocycles. The van der Waals surface area contributed by atoms with Crippen LogP contribution in [-0.4, -0.2) is 41.6 Å². The number of nitrogens with zero attached hydrogens (tertiary/aromatic N) is 1. The quantitative estimate of drug-likeness (QED) is 0.709. The first-order chi connectivity index (χ1) is 8.81. The average molecular weight is 272 g/mol. The summed E-state index contributed by atoms with van der Waals surface area (Å²) in [5.41, 5.74) is 0.277. The van der Waals surface area contributed by atoms with Gasteiger partial charge in [0, 0.05) is 25.0 Å². The fraction of sp³-hybridized carbons (Fsp3) is 1.00. The summed E-state index contributed by atoms with van der Waals surface area (Å²) in [5, 5.41) is 0. The van der Waals surface area contributed by atoms with Gasteiger partial charge in [0.25, 0.3) is 0 Å². The monoisotopic (exact) mass is 271 g/mol. The highest BCUT2D eigenvalue weighted by molar-refractivity contribution is 6.18. The van der Waals surface area contributed by atoms with E-state index in [-0.39, 0.29) is 5.60 Å². The second kappa shape index (κ2) is 5.68. The fourth-order valence-corrected chi connectivity index (χ4v) is 4.04. The van der Waals surface area contributed by atoms with Crippen LogP contribution in [0, 0.1) is 0 Å². The Morgan fingerprint density at radius 2 is 1.83 bits per heavy atom. The minimum Gasteiger partial charge on any atom is -0.370 e. The van der Waals surface area contributed by atoms with Crippen molar-refractivity contribution in [3.05, 3.63) is 0 Å². The molecule has 2 nitrogen and oxygen atoms in total. The molecule has 1 heterocycles. The maximum absolute atomic E-state index is 6.46. The molecule has 1 unspecified atom stereocenters. The normalized spacial score (nSPS) is 31.3. The third-order valence-electron chi connectivity index (χ3n) is 4.98. The SMILES string of the molecule is ClCCN(CC1CCC2(CCCCC2)O1)C1CC1. The van der Waals surface area contributed by atoms with Gasteiger partial charge in [-0.25, -0.2) is 0 Å². The second-order valence-corrected chi connectivity index (χ2v) is 6.82. The first kappa shape index (κ1) is 13.2. The largest absolute Gasteiger partial charge is 0.370 e. The minimum atomic E-state index is 0.277. The molecule has 0 radical (unpaired) electrons. The van der Waals surface area contributed by atoms with Crippen molar-refractivity contribution < 1.29 is 4.74 Å². The molecule has 1 atom stereocenters. The second-order valence-electron chi connectivity index (χ2n) is 6.44. The molecule has 3 fully saturated rings. The van der Waals surface area contributed by atoms with E-state index in [9.17, 15) is 0 Å². The molecule has 2 saturated carbocycles. The molecule has 2 aliphatic carbocycles. The predicted molar refractivity (Wildman–Crippen MR) is 75.2 cm³/mol. The van der Waals surface area contributed by atoms with Crippen LogP contribution in [0.5, 0.6) is 0 Å². The lowest BCUT2D eigenvalue weighted by molar-refractivity contribution is -0.0720. The highest BCUT2D eigenvalue weighted by Crippen LogP contribution is 2.42. The standard InChI is InChI=1S/C15H26ClNO/c16-10-11-17(13-4-5-13)12-14-6-9-15(18-14)7-2-1-3-8-15/h13-14H,1-12H2. The summed E-state index contributed by atoms with van der Waals surface area (Å²) < 4.78 is 6.46. The van der Waals surface area contributed by atoms with E-state index in [1.54, 1.807) is 0 Å². The molecule has 3 aliphatic rings. The van der Waals surface area contributed by atoms with E-state index in [0.29, 0.717) is 6.10 Å². The fourth-order valence-electron chi connectivity index (χ4n) is 3.82. The molecular formula is C15H26ClNO. The Morgan fingerprint density at radius 3 is 2.50 bits per heavy atom. The van der Waals surface area contributed by atoms with Crippen molar-refractivity contribution in [2.75, 3.05) is 19.0 Å². The van der Waals surface area contributed by atoms with E-state index in [2.05, 4.69) is 4.90 Å². The summed E-state index contributed by atoms with van der Waals surface area (Å²) in [7, 11) is 0. The van der Waals surface area contributed by atoms with Crippen molar-refractivity contribution in [3.8, 4) is 0 Å². The van der Waals surface area contributed by atoms with Gasteiger partial charge in [-0.3, -0.25) is 4.90 Å². The maximum Gasteiger partial charge on any atom is 0.0710 e. The van der Waals surface area contributed by atoms with Crippen LogP contribution < -0.4 is 0 Å². The molecule has 104 valence electrons. The highest BCUT2D eigenvalue weighted by atomic mass is 35.5. The molecule has 1 spiro atoms. The Bertz CT molecular complexity index is 274. The zero-order valence-corrected chi connectivity index (χ0v) is 12.1. The molecule has 0 aromatic heterocycles. The van der Waals surface area contributed by atoms with Crippen molar-refractivity contribution in [2.45, 2.75) is 75.5 Å². The van der Waals surface area contributed by atoms with Crippen LogP contribution in [0.4, 0.5) is 0 Å². The van der Waals surface area contributed by atoms with Crippen molar-refractivity contribution in [3.63, 3.8) is 0 Å². The van der Waals surface area contributed by atoms with Crippen LogP contribution in [0.2, 0.25) is 0 Å². The van der Waals surface area contributed by atoms with Crippen LogP contribution in [-0.2, 0) is 4.74 Å². The van der Waals surface area contributed by atoms with Gasteiger partial charge in [-0.15, -0.1) is 11.6 Å². The summed E-state index contributed by atoms with van der Waals surface area (Å²) >= 11 is 5.91. The van der Waals surface area contributed by atoms with Crippen molar-refractivity contribution in [1.29, 1.82) is 0 Å². The molecular weight excluding hydrogens is 246 g/mol. The van der Waals surface area contributed by atoms with Gasteiger partial charge in [0.15, 0.2) is 0 Å². The van der Waals surface area contributed by atoms with E-state index in [0.717, 1.165) is 25.0 Å². The molecule has 0 aromatic rings. The van der Waals surface area contributed by atoms with Gasteiger partial charge in [0.1, 0.15) is 0 Å². The summed E-state index contributed by atoms with van der Waals surface area (Å²) in [6.07, 6.45) is 12.6. The molecule has 0 aromatic carbocycles. The van der Waals surface area contributed by atoms with Crippen LogP contribution in [0.3, 0.4) is 0 Å². The third-order valence-corrected chi connectivity index (χ3v) is 5.15. The summed E-state index contributed by atoms with van der Waals surface area (Å²) in [6.45, 7) is 2.16. The lowest BCUT2D eigenvalue weighted by Gasteiger charge is -2.34. The Kier molecular flexibility index (Phi) is 4.17. The number of rotatable bonds is 5. The van der Waals surface area contributed by atoms with E-state index in [1.807, 2.05) is 0 Å².